The summed E-state index contributed by atoms with van der Waals surface area (Å²) in [7, 11) is 0. The first-order valence-corrected chi connectivity index (χ1v) is 10.4. The van der Waals surface area contributed by atoms with Crippen LogP contribution in [0.2, 0.25) is 0 Å². The van der Waals surface area contributed by atoms with Crippen molar-refractivity contribution in [1.29, 1.82) is 0 Å². The van der Waals surface area contributed by atoms with E-state index < -0.39 is 30.4 Å². The number of fused-ring (bicyclic) bond motifs is 5. The number of nitrogens with zero attached hydrogens (tertiary/aromatic N) is 1. The molecule has 1 aromatic heterocycles. The first-order chi connectivity index (χ1) is 14.9. The molecule has 0 radical (unpaired) electrons. The van der Waals surface area contributed by atoms with E-state index in [1.807, 2.05) is 30.3 Å². The Kier molecular flexibility index (Phi) is 4.84. The second-order valence-corrected chi connectivity index (χ2v) is 8.37. The fourth-order valence-electron chi connectivity index (χ4n) is 4.50. The highest BCUT2D eigenvalue weighted by molar-refractivity contribution is 6.20. The molecule has 3 N–H and O–H groups in total. The number of aromatic nitrogens is 1. The molecule has 5 rings (SSSR count). The van der Waals surface area contributed by atoms with Gasteiger partial charge in [-0.3, -0.25) is 9.78 Å². The minimum Gasteiger partial charge on any atom is -0.481 e. The maximum absolute atomic E-state index is 14.2. The second kappa shape index (κ2) is 7.55. The van der Waals surface area contributed by atoms with E-state index in [2.05, 4.69) is 0 Å². The van der Waals surface area contributed by atoms with Gasteiger partial charge in [0.25, 0.3) is 0 Å². The fraction of sp³-hybridized carbons (Fsp3) is 0.280. The predicted molar refractivity (Wildman–Crippen MR) is 117 cm³/mol. The molecule has 2 atom stereocenters. The first-order valence-electron chi connectivity index (χ1n) is 10.4. The minimum atomic E-state index is -1.20. The van der Waals surface area contributed by atoms with Gasteiger partial charge in [-0.25, -0.2) is 4.39 Å². The molecule has 31 heavy (non-hydrogen) atoms. The van der Waals surface area contributed by atoms with Gasteiger partial charge in [-0.05, 0) is 53.4 Å². The monoisotopic (exact) mass is 419 g/mol. The van der Waals surface area contributed by atoms with E-state index in [9.17, 15) is 19.4 Å². The van der Waals surface area contributed by atoms with Gasteiger partial charge in [0.1, 0.15) is 5.82 Å². The molecule has 0 aliphatic heterocycles. The standard InChI is InChI=1S/C25H22FNO4/c26-14-7-8-16-18(9-14)19(22(29)10-15(28)11-23(30)31)12-20-24(16)17-3-1-2-4-21(17)27-25(20)13-5-6-13/h1-4,7-9,12-13,15,22,28-29H,5-6,10-11H2,(H,30,31). The third-order valence-corrected chi connectivity index (χ3v) is 6.05. The molecule has 158 valence electrons. The van der Waals surface area contributed by atoms with Crippen molar-refractivity contribution in [3.05, 3.63) is 65.6 Å². The van der Waals surface area contributed by atoms with Crippen LogP contribution in [0.1, 0.15) is 49.0 Å². The number of aliphatic carboxylic acids is 1. The average molecular weight is 419 g/mol. The van der Waals surface area contributed by atoms with E-state index in [0.717, 1.165) is 45.6 Å². The van der Waals surface area contributed by atoms with Crippen molar-refractivity contribution in [3.63, 3.8) is 0 Å². The second-order valence-electron chi connectivity index (χ2n) is 8.37. The van der Waals surface area contributed by atoms with Crippen LogP contribution in [0.15, 0.2) is 48.5 Å². The summed E-state index contributed by atoms with van der Waals surface area (Å²) in [5.74, 6) is -1.21. The lowest BCUT2D eigenvalue weighted by Gasteiger charge is -2.20. The molecule has 4 aromatic rings. The number of carbonyl (C=O) groups is 1. The van der Waals surface area contributed by atoms with E-state index in [-0.39, 0.29) is 6.42 Å². The number of pyridine rings is 1. The number of rotatable bonds is 6. The molecule has 0 bridgehead atoms. The van der Waals surface area contributed by atoms with Crippen molar-refractivity contribution in [2.24, 2.45) is 0 Å². The smallest absolute Gasteiger partial charge is 0.305 e. The van der Waals surface area contributed by atoms with Crippen LogP contribution in [0.3, 0.4) is 0 Å². The number of aliphatic hydroxyl groups is 2. The van der Waals surface area contributed by atoms with Crippen LogP contribution in [0.4, 0.5) is 4.39 Å². The summed E-state index contributed by atoms with van der Waals surface area (Å²) in [4.78, 5) is 15.8. The maximum Gasteiger partial charge on any atom is 0.305 e. The van der Waals surface area contributed by atoms with Crippen LogP contribution in [0, 0.1) is 5.82 Å². The fourth-order valence-corrected chi connectivity index (χ4v) is 4.50. The molecule has 1 aliphatic carbocycles. The predicted octanol–water partition coefficient (Wildman–Crippen LogP) is 4.82. The molecule has 1 heterocycles. The Bertz CT molecular complexity index is 1330. The summed E-state index contributed by atoms with van der Waals surface area (Å²) < 4.78 is 14.2. The van der Waals surface area contributed by atoms with Gasteiger partial charge in [0, 0.05) is 28.5 Å². The number of carboxylic acid groups (broad SMARTS) is 1. The summed E-state index contributed by atoms with van der Waals surface area (Å²) in [6.45, 7) is 0. The molecule has 0 saturated heterocycles. The van der Waals surface area contributed by atoms with Crippen LogP contribution in [0.25, 0.3) is 32.4 Å². The summed E-state index contributed by atoms with van der Waals surface area (Å²) in [6, 6.07) is 14.2. The van der Waals surface area contributed by atoms with Gasteiger partial charge in [-0.15, -0.1) is 0 Å². The van der Waals surface area contributed by atoms with Gasteiger partial charge in [0.05, 0.1) is 29.8 Å². The molecule has 1 saturated carbocycles. The Morgan fingerprint density at radius 2 is 1.81 bits per heavy atom. The zero-order chi connectivity index (χ0) is 21.7. The van der Waals surface area contributed by atoms with Crippen molar-refractivity contribution in [3.8, 4) is 0 Å². The average Bonchev–Trinajstić information content (AvgIpc) is 3.56. The Morgan fingerprint density at radius 3 is 2.55 bits per heavy atom. The molecule has 5 nitrogen and oxygen atoms in total. The van der Waals surface area contributed by atoms with E-state index >= 15 is 0 Å². The number of hydrogen-bond donors (Lipinski definition) is 3. The molecule has 6 heteroatoms. The molecule has 0 spiro atoms. The highest BCUT2D eigenvalue weighted by atomic mass is 19.1. The summed E-state index contributed by atoms with van der Waals surface area (Å²) in [6.07, 6.45) is -0.848. The van der Waals surface area contributed by atoms with E-state index in [4.69, 9.17) is 10.1 Å². The highest BCUT2D eigenvalue weighted by Gasteiger charge is 2.29. The Balaban J connectivity index is 1.79. The van der Waals surface area contributed by atoms with Crippen LogP contribution >= 0.6 is 0 Å². The summed E-state index contributed by atoms with van der Waals surface area (Å²) in [5.41, 5.74) is 2.33. The zero-order valence-electron chi connectivity index (χ0n) is 16.8. The normalized spacial score (nSPS) is 16.1. The van der Waals surface area contributed by atoms with Gasteiger partial charge in [0.2, 0.25) is 0 Å². The number of benzene rings is 3. The molecule has 3 aromatic carbocycles. The van der Waals surface area contributed by atoms with E-state index in [1.165, 1.54) is 12.1 Å². The van der Waals surface area contributed by atoms with Crippen molar-refractivity contribution >= 4 is 38.4 Å². The lowest BCUT2D eigenvalue weighted by molar-refractivity contribution is -0.139. The Labute approximate surface area is 177 Å². The van der Waals surface area contributed by atoms with Crippen molar-refractivity contribution < 1.29 is 24.5 Å². The number of aliphatic hydroxyl groups excluding tert-OH is 2. The maximum atomic E-state index is 14.2. The lowest BCUT2D eigenvalue weighted by Crippen LogP contribution is -2.16. The number of hydrogen-bond acceptors (Lipinski definition) is 4. The third kappa shape index (κ3) is 3.62. The Hall–Kier alpha value is -3.09. The quantitative estimate of drug-likeness (QED) is 0.390. The van der Waals surface area contributed by atoms with Crippen LogP contribution in [0.5, 0.6) is 0 Å². The zero-order valence-corrected chi connectivity index (χ0v) is 16.8. The van der Waals surface area contributed by atoms with Gasteiger partial charge in [-0.1, -0.05) is 24.3 Å². The topological polar surface area (TPSA) is 90.7 Å². The molecule has 1 aliphatic rings. The SMILES string of the molecule is O=C(O)CC(O)CC(O)c1cc2c(C3CC3)nc3ccccc3c2c2ccc(F)cc12. The lowest BCUT2D eigenvalue weighted by atomic mass is 9.89. The molecule has 0 amide bonds. The summed E-state index contributed by atoms with van der Waals surface area (Å²) in [5, 5.41) is 34.1. The molecule has 2 unspecified atom stereocenters. The summed E-state index contributed by atoms with van der Waals surface area (Å²) >= 11 is 0. The number of para-hydroxylation sites is 1. The molecule has 1 fully saturated rings. The van der Waals surface area contributed by atoms with Crippen molar-refractivity contribution in [2.45, 2.75) is 43.8 Å². The molecular weight excluding hydrogens is 397 g/mol. The van der Waals surface area contributed by atoms with Crippen LogP contribution < -0.4 is 0 Å². The van der Waals surface area contributed by atoms with Gasteiger partial charge >= 0.3 is 5.97 Å². The van der Waals surface area contributed by atoms with Gasteiger partial charge < -0.3 is 15.3 Å². The van der Waals surface area contributed by atoms with Crippen molar-refractivity contribution in [2.75, 3.05) is 0 Å². The highest BCUT2D eigenvalue weighted by Crippen LogP contribution is 2.46. The Morgan fingerprint density at radius 1 is 1.03 bits per heavy atom. The van der Waals surface area contributed by atoms with Crippen molar-refractivity contribution in [1.82, 2.24) is 4.98 Å². The molecular formula is C25H22FNO4. The van der Waals surface area contributed by atoms with E-state index in [0.29, 0.717) is 16.9 Å². The number of carboxylic acids is 1. The van der Waals surface area contributed by atoms with E-state index in [1.54, 1.807) is 6.07 Å². The van der Waals surface area contributed by atoms with Gasteiger partial charge in [-0.2, -0.15) is 0 Å². The van der Waals surface area contributed by atoms with Crippen LogP contribution in [-0.4, -0.2) is 32.4 Å². The minimum absolute atomic E-state index is 0.150. The van der Waals surface area contributed by atoms with Crippen LogP contribution in [-0.2, 0) is 4.79 Å². The largest absolute Gasteiger partial charge is 0.481 e. The third-order valence-electron chi connectivity index (χ3n) is 6.05. The number of halogens is 1. The van der Waals surface area contributed by atoms with Gasteiger partial charge in [0.15, 0.2) is 0 Å². The first kappa shape index (κ1) is 19.8.